The van der Waals surface area contributed by atoms with Crippen LogP contribution >= 0.6 is 0 Å². The minimum Gasteiger partial charge on any atom is -0.310 e. The smallest absolute Gasteiger partial charge is 0.310 e. The van der Waals surface area contributed by atoms with E-state index in [-0.39, 0.29) is 6.04 Å². The molecule has 1 nitrogen and oxygen atoms in total. The number of rotatable bonds is 6. The van der Waals surface area contributed by atoms with Crippen LogP contribution in [0.1, 0.15) is 56.3 Å². The predicted octanol–water partition coefficient (Wildman–Crippen LogP) is 5.10. The average Bonchev–Trinajstić information content (AvgIpc) is 2.33. The van der Waals surface area contributed by atoms with Crippen LogP contribution in [0.4, 0.5) is 13.2 Å². The highest BCUT2D eigenvalue weighted by Gasteiger charge is 2.31. The fraction of sp³-hybridized carbons (Fsp3) is 0.625. The monoisotopic (exact) mass is 287 g/mol. The van der Waals surface area contributed by atoms with Crippen molar-refractivity contribution in [2.45, 2.75) is 52.8 Å². The van der Waals surface area contributed by atoms with E-state index in [1.54, 1.807) is 13.0 Å². The molecule has 1 atom stereocenters. The minimum atomic E-state index is -4.27. The number of halogens is 3. The Labute approximate surface area is 119 Å². The van der Waals surface area contributed by atoms with Crippen LogP contribution in [-0.2, 0) is 6.18 Å². The molecule has 1 aromatic carbocycles. The fourth-order valence-corrected chi connectivity index (χ4v) is 2.35. The van der Waals surface area contributed by atoms with Gasteiger partial charge in [0.2, 0.25) is 0 Å². The van der Waals surface area contributed by atoms with Crippen LogP contribution in [0.15, 0.2) is 18.2 Å². The second kappa shape index (κ2) is 7.11. The minimum absolute atomic E-state index is 0.122. The Morgan fingerprint density at radius 3 is 2.30 bits per heavy atom. The molecule has 20 heavy (non-hydrogen) atoms. The molecule has 0 saturated carbocycles. The third-order valence-electron chi connectivity index (χ3n) is 3.32. The van der Waals surface area contributed by atoms with Crippen molar-refractivity contribution in [3.05, 3.63) is 34.9 Å². The Morgan fingerprint density at radius 2 is 1.85 bits per heavy atom. The highest BCUT2D eigenvalue weighted by molar-refractivity contribution is 5.34. The first-order valence-corrected chi connectivity index (χ1v) is 7.16. The molecule has 0 radical (unpaired) electrons. The summed E-state index contributed by atoms with van der Waals surface area (Å²) < 4.78 is 38.1. The van der Waals surface area contributed by atoms with Crippen molar-refractivity contribution in [1.29, 1.82) is 0 Å². The molecule has 1 N–H and O–H groups in total. The normalized spacial score (nSPS) is 13.8. The van der Waals surface area contributed by atoms with Crippen LogP contribution < -0.4 is 5.32 Å². The lowest BCUT2D eigenvalue weighted by Gasteiger charge is -2.23. The van der Waals surface area contributed by atoms with Crippen LogP contribution in [0, 0.1) is 12.8 Å². The maximum atomic E-state index is 12.7. The molecule has 0 aliphatic rings. The summed E-state index contributed by atoms with van der Waals surface area (Å²) in [5, 5.41) is 3.43. The molecular weight excluding hydrogens is 263 g/mol. The molecule has 0 saturated heterocycles. The van der Waals surface area contributed by atoms with Crippen molar-refractivity contribution in [2.75, 3.05) is 6.54 Å². The van der Waals surface area contributed by atoms with E-state index in [0.717, 1.165) is 24.9 Å². The predicted molar refractivity (Wildman–Crippen MR) is 76.7 cm³/mol. The Hall–Kier alpha value is -1.03. The number of aryl methyl sites for hydroxylation is 1. The van der Waals surface area contributed by atoms with E-state index in [9.17, 15) is 13.2 Å². The maximum absolute atomic E-state index is 12.7. The Morgan fingerprint density at radius 1 is 1.20 bits per heavy atom. The molecular formula is C16H24F3N. The molecule has 0 spiro atoms. The molecule has 1 aromatic rings. The third-order valence-corrected chi connectivity index (χ3v) is 3.32. The van der Waals surface area contributed by atoms with Crippen LogP contribution in [0.5, 0.6) is 0 Å². The maximum Gasteiger partial charge on any atom is 0.416 e. The first kappa shape index (κ1) is 17.0. The molecule has 0 fully saturated rings. The summed E-state index contributed by atoms with van der Waals surface area (Å²) in [6.45, 7) is 8.96. The molecule has 1 rings (SSSR count). The number of hydrogen-bond acceptors (Lipinski definition) is 1. The van der Waals surface area contributed by atoms with E-state index in [2.05, 4.69) is 26.1 Å². The highest BCUT2D eigenvalue weighted by atomic mass is 19.4. The lowest BCUT2D eigenvalue weighted by Crippen LogP contribution is -2.24. The molecule has 0 amide bonds. The second-order valence-corrected chi connectivity index (χ2v) is 5.71. The van der Waals surface area contributed by atoms with Crippen molar-refractivity contribution in [3.8, 4) is 0 Å². The van der Waals surface area contributed by atoms with E-state index in [1.807, 2.05) is 0 Å². The number of alkyl halides is 3. The molecule has 1 unspecified atom stereocenters. The van der Waals surface area contributed by atoms with Gasteiger partial charge in [0.25, 0.3) is 0 Å². The van der Waals surface area contributed by atoms with Crippen molar-refractivity contribution < 1.29 is 13.2 Å². The Balaban J connectivity index is 3.01. The molecule has 0 aliphatic carbocycles. The third kappa shape index (κ3) is 4.82. The summed E-state index contributed by atoms with van der Waals surface area (Å²) in [6.07, 6.45) is -2.34. The number of nitrogens with one attached hydrogen (secondary N) is 1. The van der Waals surface area contributed by atoms with Gasteiger partial charge in [-0.25, -0.2) is 0 Å². The van der Waals surface area contributed by atoms with Crippen molar-refractivity contribution >= 4 is 0 Å². The zero-order valence-electron chi connectivity index (χ0n) is 12.6. The summed E-state index contributed by atoms with van der Waals surface area (Å²) >= 11 is 0. The summed E-state index contributed by atoms with van der Waals surface area (Å²) in [4.78, 5) is 0. The van der Waals surface area contributed by atoms with Crippen LogP contribution in [0.25, 0.3) is 0 Å². The molecule has 4 heteroatoms. The van der Waals surface area contributed by atoms with E-state index in [1.165, 1.54) is 12.1 Å². The quantitative estimate of drug-likeness (QED) is 0.767. The van der Waals surface area contributed by atoms with Gasteiger partial charge in [-0.3, -0.25) is 0 Å². The molecule has 0 heterocycles. The summed E-state index contributed by atoms with van der Waals surface area (Å²) in [6, 6.07) is 4.17. The van der Waals surface area contributed by atoms with Gasteiger partial charge in [-0.2, -0.15) is 13.2 Å². The van der Waals surface area contributed by atoms with Gasteiger partial charge in [-0.05, 0) is 55.5 Å². The van der Waals surface area contributed by atoms with Crippen LogP contribution in [0.2, 0.25) is 0 Å². The topological polar surface area (TPSA) is 12.0 Å². The summed E-state index contributed by atoms with van der Waals surface area (Å²) in [5.41, 5.74) is 1.10. The first-order valence-electron chi connectivity index (χ1n) is 7.16. The number of benzene rings is 1. The molecule has 0 aromatic heterocycles. The van der Waals surface area contributed by atoms with Gasteiger partial charge in [0, 0.05) is 6.04 Å². The molecule has 0 aliphatic heterocycles. The van der Waals surface area contributed by atoms with Gasteiger partial charge in [-0.15, -0.1) is 0 Å². The standard InChI is InChI=1S/C16H24F3N/c1-5-8-20-15(9-11(2)3)14-7-6-13(10-12(14)4)16(17,18)19/h6-7,10-11,15,20H,5,8-9H2,1-4H3. The Kier molecular flexibility index (Phi) is 6.06. The zero-order valence-corrected chi connectivity index (χ0v) is 12.6. The van der Waals surface area contributed by atoms with Gasteiger partial charge in [0.15, 0.2) is 0 Å². The van der Waals surface area contributed by atoms with Gasteiger partial charge >= 0.3 is 6.18 Å². The highest BCUT2D eigenvalue weighted by Crippen LogP contribution is 2.32. The summed E-state index contributed by atoms with van der Waals surface area (Å²) in [5.74, 6) is 0.492. The fourth-order valence-electron chi connectivity index (χ4n) is 2.35. The molecule has 0 bridgehead atoms. The van der Waals surface area contributed by atoms with Crippen molar-refractivity contribution in [3.63, 3.8) is 0 Å². The zero-order chi connectivity index (χ0) is 15.3. The Bertz CT molecular complexity index is 424. The SMILES string of the molecule is CCCNC(CC(C)C)c1ccc(C(F)(F)F)cc1C. The van der Waals surface area contributed by atoms with Crippen LogP contribution in [-0.4, -0.2) is 6.54 Å². The second-order valence-electron chi connectivity index (χ2n) is 5.71. The van der Waals surface area contributed by atoms with E-state index in [4.69, 9.17) is 0 Å². The molecule has 114 valence electrons. The lowest BCUT2D eigenvalue weighted by atomic mass is 9.92. The van der Waals surface area contributed by atoms with Gasteiger partial charge in [0.1, 0.15) is 0 Å². The largest absolute Gasteiger partial charge is 0.416 e. The van der Waals surface area contributed by atoms with Crippen molar-refractivity contribution in [1.82, 2.24) is 5.32 Å². The first-order chi connectivity index (χ1) is 9.25. The van der Waals surface area contributed by atoms with Crippen molar-refractivity contribution in [2.24, 2.45) is 5.92 Å². The number of hydrogen-bond donors (Lipinski definition) is 1. The van der Waals surface area contributed by atoms with E-state index in [0.29, 0.717) is 11.5 Å². The van der Waals surface area contributed by atoms with Gasteiger partial charge in [-0.1, -0.05) is 26.8 Å². The summed E-state index contributed by atoms with van der Waals surface area (Å²) in [7, 11) is 0. The average molecular weight is 287 g/mol. The van der Waals surface area contributed by atoms with Gasteiger partial charge < -0.3 is 5.32 Å². The van der Waals surface area contributed by atoms with E-state index < -0.39 is 11.7 Å². The lowest BCUT2D eigenvalue weighted by molar-refractivity contribution is -0.137. The van der Waals surface area contributed by atoms with Crippen LogP contribution in [0.3, 0.4) is 0 Å². The van der Waals surface area contributed by atoms with Gasteiger partial charge in [0.05, 0.1) is 5.56 Å². The van der Waals surface area contributed by atoms with E-state index >= 15 is 0 Å².